The van der Waals surface area contributed by atoms with Gasteiger partial charge in [-0.25, -0.2) is 0 Å². The van der Waals surface area contributed by atoms with E-state index in [1.54, 1.807) is 0 Å². The van der Waals surface area contributed by atoms with Crippen molar-refractivity contribution >= 4 is 0 Å². The monoisotopic (exact) mass is 365 g/mol. The molecular weight excluding hydrogens is 334 g/mol. The lowest BCUT2D eigenvalue weighted by molar-refractivity contribution is 0.109. The quantitative estimate of drug-likeness (QED) is 0.784. The number of rotatable bonds is 6. The Bertz CT molecular complexity index is 685. The van der Waals surface area contributed by atoms with Crippen molar-refractivity contribution in [3.8, 4) is 0 Å². The molecule has 4 heteroatoms. The van der Waals surface area contributed by atoms with Crippen molar-refractivity contribution in [3.63, 3.8) is 0 Å². The predicted molar refractivity (Wildman–Crippen MR) is 109 cm³/mol. The van der Waals surface area contributed by atoms with Crippen LogP contribution in [0.4, 0.5) is 0 Å². The molecule has 0 amide bonds. The van der Waals surface area contributed by atoms with Gasteiger partial charge in [-0.1, -0.05) is 36.4 Å². The van der Waals surface area contributed by atoms with Gasteiger partial charge < -0.3 is 4.74 Å². The molecule has 27 heavy (non-hydrogen) atoms. The van der Waals surface area contributed by atoms with Crippen LogP contribution >= 0.6 is 0 Å². The van der Waals surface area contributed by atoms with Gasteiger partial charge in [0.05, 0.1) is 6.61 Å². The summed E-state index contributed by atoms with van der Waals surface area (Å²) in [6.45, 7) is 6.55. The number of hydrogen-bond acceptors (Lipinski definition) is 4. The molecule has 0 saturated carbocycles. The number of piperidine rings is 1. The number of pyridine rings is 1. The smallest absolute Gasteiger partial charge is 0.0509 e. The van der Waals surface area contributed by atoms with Gasteiger partial charge in [-0.3, -0.25) is 14.8 Å². The standard InChI is InChI=1S/C23H31N3O/c1-27-18-20-16-26(17-22(20)23-9-5-6-12-24-23)21-10-13-25(14-11-21)15-19-7-3-2-4-8-19/h2-9,12,20-22H,10-11,13-18H2,1H3/t20-,22+/m0/s1. The van der Waals surface area contributed by atoms with Crippen molar-refractivity contribution in [2.24, 2.45) is 5.92 Å². The maximum atomic E-state index is 5.53. The first kappa shape index (κ1) is 18.6. The zero-order valence-electron chi connectivity index (χ0n) is 16.3. The minimum atomic E-state index is 0.494. The topological polar surface area (TPSA) is 28.6 Å². The Morgan fingerprint density at radius 2 is 1.78 bits per heavy atom. The molecule has 2 aliphatic heterocycles. The fourth-order valence-corrected chi connectivity index (χ4v) is 4.80. The van der Waals surface area contributed by atoms with Crippen LogP contribution in [0.25, 0.3) is 0 Å². The highest BCUT2D eigenvalue weighted by atomic mass is 16.5. The summed E-state index contributed by atoms with van der Waals surface area (Å²) in [6.07, 6.45) is 4.45. The van der Waals surface area contributed by atoms with Crippen LogP contribution in [0.1, 0.15) is 30.0 Å². The van der Waals surface area contributed by atoms with Gasteiger partial charge in [0.2, 0.25) is 0 Å². The largest absolute Gasteiger partial charge is 0.384 e. The van der Waals surface area contributed by atoms with Crippen molar-refractivity contribution in [2.45, 2.75) is 31.3 Å². The Labute approximate surface area is 163 Å². The first-order valence-corrected chi connectivity index (χ1v) is 10.2. The van der Waals surface area contributed by atoms with Gasteiger partial charge in [0, 0.05) is 56.5 Å². The molecule has 2 saturated heterocycles. The lowest BCUT2D eigenvalue weighted by Gasteiger charge is -2.37. The van der Waals surface area contributed by atoms with E-state index in [2.05, 4.69) is 57.2 Å². The van der Waals surface area contributed by atoms with Gasteiger partial charge in [0.15, 0.2) is 0 Å². The van der Waals surface area contributed by atoms with Crippen LogP contribution in [-0.4, -0.2) is 60.7 Å². The summed E-state index contributed by atoms with van der Waals surface area (Å²) in [5, 5.41) is 0. The van der Waals surface area contributed by atoms with E-state index < -0.39 is 0 Å². The van der Waals surface area contributed by atoms with Crippen LogP contribution in [0.15, 0.2) is 54.7 Å². The van der Waals surface area contributed by atoms with Crippen molar-refractivity contribution in [2.75, 3.05) is 39.9 Å². The molecule has 0 unspecified atom stereocenters. The van der Waals surface area contributed by atoms with E-state index >= 15 is 0 Å². The number of nitrogens with zero attached hydrogens (tertiary/aromatic N) is 3. The zero-order valence-corrected chi connectivity index (χ0v) is 16.3. The van der Waals surface area contributed by atoms with Crippen LogP contribution in [-0.2, 0) is 11.3 Å². The highest BCUT2D eigenvalue weighted by molar-refractivity contribution is 5.16. The average molecular weight is 366 g/mol. The van der Waals surface area contributed by atoms with Crippen molar-refractivity contribution in [3.05, 3.63) is 66.0 Å². The Kier molecular flexibility index (Phi) is 6.17. The average Bonchev–Trinajstić information content (AvgIpc) is 3.14. The summed E-state index contributed by atoms with van der Waals surface area (Å²) in [7, 11) is 1.82. The minimum absolute atomic E-state index is 0.494. The molecular formula is C23H31N3O. The summed E-state index contributed by atoms with van der Waals surface area (Å²) < 4.78 is 5.53. The highest BCUT2D eigenvalue weighted by Gasteiger charge is 2.38. The van der Waals surface area contributed by atoms with Gasteiger partial charge >= 0.3 is 0 Å². The number of ether oxygens (including phenoxy) is 1. The van der Waals surface area contributed by atoms with Gasteiger partial charge in [-0.2, -0.15) is 0 Å². The maximum Gasteiger partial charge on any atom is 0.0509 e. The molecule has 144 valence electrons. The lowest BCUT2D eigenvalue weighted by atomic mass is 9.93. The third-order valence-electron chi connectivity index (χ3n) is 6.24. The first-order chi connectivity index (χ1) is 13.3. The molecule has 1 aromatic carbocycles. The van der Waals surface area contributed by atoms with Crippen LogP contribution in [0.2, 0.25) is 0 Å². The normalized spacial score (nSPS) is 25.1. The van der Waals surface area contributed by atoms with Crippen LogP contribution in [0.3, 0.4) is 0 Å². The molecule has 3 heterocycles. The van der Waals surface area contributed by atoms with Crippen molar-refractivity contribution in [1.82, 2.24) is 14.8 Å². The van der Waals surface area contributed by atoms with E-state index in [-0.39, 0.29) is 0 Å². The van der Waals surface area contributed by atoms with E-state index in [1.807, 2.05) is 19.4 Å². The third kappa shape index (κ3) is 4.57. The fourth-order valence-electron chi connectivity index (χ4n) is 4.80. The Balaban J connectivity index is 1.34. The molecule has 0 spiro atoms. The minimum Gasteiger partial charge on any atom is -0.384 e. The van der Waals surface area contributed by atoms with E-state index in [9.17, 15) is 0 Å². The van der Waals surface area contributed by atoms with Gasteiger partial charge in [-0.05, 0) is 43.6 Å². The second-order valence-electron chi connectivity index (χ2n) is 8.02. The fraction of sp³-hybridized carbons (Fsp3) is 0.522. The molecule has 1 aromatic heterocycles. The van der Waals surface area contributed by atoms with E-state index in [0.717, 1.165) is 26.2 Å². The molecule has 0 bridgehead atoms. The first-order valence-electron chi connectivity index (χ1n) is 10.2. The zero-order chi connectivity index (χ0) is 18.5. The second-order valence-corrected chi connectivity index (χ2v) is 8.02. The predicted octanol–water partition coefficient (Wildman–Crippen LogP) is 3.41. The van der Waals surface area contributed by atoms with E-state index in [4.69, 9.17) is 4.74 Å². The van der Waals surface area contributed by atoms with Crippen LogP contribution < -0.4 is 0 Å². The summed E-state index contributed by atoms with van der Waals surface area (Å²) in [4.78, 5) is 9.95. The van der Waals surface area contributed by atoms with Crippen LogP contribution in [0, 0.1) is 5.92 Å². The maximum absolute atomic E-state index is 5.53. The van der Waals surface area contributed by atoms with Gasteiger partial charge in [0.1, 0.15) is 0 Å². The molecule has 0 N–H and O–H groups in total. The molecule has 2 aromatic rings. The SMILES string of the molecule is COC[C@@H]1CN(C2CCN(Cc3ccccc3)CC2)C[C@H]1c1ccccn1. The van der Waals surface area contributed by atoms with E-state index in [1.165, 1.54) is 37.2 Å². The molecule has 2 aliphatic rings. The second kappa shape index (κ2) is 8.96. The number of likely N-dealkylation sites (tertiary alicyclic amines) is 2. The highest BCUT2D eigenvalue weighted by Crippen LogP contribution is 2.34. The van der Waals surface area contributed by atoms with Crippen molar-refractivity contribution < 1.29 is 4.74 Å². The summed E-state index contributed by atoms with van der Waals surface area (Å²) in [5.74, 6) is 1.04. The van der Waals surface area contributed by atoms with Crippen molar-refractivity contribution in [1.29, 1.82) is 0 Å². The molecule has 0 radical (unpaired) electrons. The molecule has 4 nitrogen and oxygen atoms in total. The number of benzene rings is 1. The van der Waals surface area contributed by atoms with E-state index in [0.29, 0.717) is 17.9 Å². The molecule has 2 atom stereocenters. The number of methoxy groups -OCH3 is 1. The summed E-state index contributed by atoms with van der Waals surface area (Å²) in [5.41, 5.74) is 2.65. The molecule has 4 rings (SSSR count). The summed E-state index contributed by atoms with van der Waals surface area (Å²) >= 11 is 0. The number of hydrogen-bond donors (Lipinski definition) is 0. The third-order valence-corrected chi connectivity index (χ3v) is 6.24. The number of aromatic nitrogens is 1. The Morgan fingerprint density at radius 1 is 1.00 bits per heavy atom. The van der Waals surface area contributed by atoms with Gasteiger partial charge in [0.25, 0.3) is 0 Å². The lowest BCUT2D eigenvalue weighted by Crippen LogP contribution is -2.44. The van der Waals surface area contributed by atoms with Crippen LogP contribution in [0.5, 0.6) is 0 Å². The Morgan fingerprint density at radius 3 is 2.48 bits per heavy atom. The Hall–Kier alpha value is -1.75. The molecule has 2 fully saturated rings. The summed E-state index contributed by atoms with van der Waals surface area (Å²) in [6, 6.07) is 17.8. The van der Waals surface area contributed by atoms with Gasteiger partial charge in [-0.15, -0.1) is 0 Å². The molecule has 0 aliphatic carbocycles.